The molecule has 0 saturated heterocycles. The molecule has 1 N–H and O–H groups in total. The number of nitrogens with one attached hydrogen (secondary N) is 1. The quantitative estimate of drug-likeness (QED) is 0.504. The van der Waals surface area contributed by atoms with Gasteiger partial charge < -0.3 is 14.8 Å². The van der Waals surface area contributed by atoms with E-state index in [0.717, 1.165) is 11.1 Å². The van der Waals surface area contributed by atoms with Crippen molar-refractivity contribution < 1.29 is 14.3 Å². The molecule has 4 heteroatoms. The van der Waals surface area contributed by atoms with Gasteiger partial charge in [-0.1, -0.05) is 70.2 Å². The summed E-state index contributed by atoms with van der Waals surface area (Å²) in [6.45, 7) is 9.29. The molecular weight excluding hydrogens is 374 g/mol. The average molecular weight is 406 g/mol. The number of hydrogen-bond acceptors (Lipinski definition) is 3. The lowest BCUT2D eigenvalue weighted by Gasteiger charge is -2.21. The minimum Gasteiger partial charge on any atom is -0.492 e. The molecule has 3 aromatic carbocycles. The van der Waals surface area contributed by atoms with Gasteiger partial charge in [0.05, 0.1) is 6.54 Å². The van der Waals surface area contributed by atoms with Gasteiger partial charge in [0.15, 0.2) is 6.10 Å². The van der Waals surface area contributed by atoms with Crippen LogP contribution in [0.1, 0.15) is 39.7 Å². The van der Waals surface area contributed by atoms with E-state index in [1.807, 2.05) is 49.4 Å². The van der Waals surface area contributed by atoms with Crippen LogP contribution in [0, 0.1) is 0 Å². The van der Waals surface area contributed by atoms with E-state index >= 15 is 0 Å². The molecule has 0 aromatic heterocycles. The Morgan fingerprint density at radius 2 is 1.60 bits per heavy atom. The highest BCUT2D eigenvalue weighted by Crippen LogP contribution is 2.25. The summed E-state index contributed by atoms with van der Waals surface area (Å²) in [5.74, 6) is 1.38. The summed E-state index contributed by atoms with van der Waals surface area (Å²) in [4.78, 5) is 12.5. The third-order valence-corrected chi connectivity index (χ3v) is 5.05. The second kappa shape index (κ2) is 9.66. The molecule has 0 heterocycles. The molecule has 0 spiro atoms. The monoisotopic (exact) mass is 405 g/mol. The zero-order valence-corrected chi connectivity index (χ0v) is 18.3. The van der Waals surface area contributed by atoms with Crippen molar-refractivity contribution in [1.29, 1.82) is 0 Å². The zero-order valence-electron chi connectivity index (χ0n) is 18.3. The van der Waals surface area contributed by atoms with Crippen molar-refractivity contribution in [1.82, 2.24) is 5.32 Å². The van der Waals surface area contributed by atoms with Gasteiger partial charge in [0, 0.05) is 0 Å². The van der Waals surface area contributed by atoms with Gasteiger partial charge in [-0.3, -0.25) is 4.79 Å². The average Bonchev–Trinajstić information content (AvgIpc) is 2.74. The maximum Gasteiger partial charge on any atom is 0.261 e. The molecule has 1 atom stereocenters. The largest absolute Gasteiger partial charge is 0.492 e. The second-order valence-corrected chi connectivity index (χ2v) is 8.44. The van der Waals surface area contributed by atoms with Gasteiger partial charge in [0.2, 0.25) is 0 Å². The number of carbonyl (C=O) groups excluding carboxylic acids is 1. The molecule has 158 valence electrons. The summed E-state index contributed by atoms with van der Waals surface area (Å²) >= 11 is 0. The summed E-state index contributed by atoms with van der Waals surface area (Å²) in [5.41, 5.74) is 1.32. The van der Waals surface area contributed by atoms with Crippen LogP contribution in [0.5, 0.6) is 11.5 Å². The van der Waals surface area contributed by atoms with Crippen LogP contribution in [0.4, 0.5) is 0 Å². The Bertz CT molecular complexity index is 973. The molecule has 0 radical (unpaired) electrons. The lowest BCUT2D eigenvalue weighted by molar-refractivity contribution is -0.128. The highest BCUT2D eigenvalue weighted by atomic mass is 16.5. The van der Waals surface area contributed by atoms with Crippen LogP contribution in [0.3, 0.4) is 0 Å². The number of ether oxygens (including phenoxy) is 2. The van der Waals surface area contributed by atoms with E-state index in [1.54, 1.807) is 0 Å². The van der Waals surface area contributed by atoms with Crippen molar-refractivity contribution in [3.63, 3.8) is 0 Å². The number of amides is 1. The Labute approximate surface area is 179 Å². The number of rotatable bonds is 8. The predicted molar refractivity (Wildman–Crippen MR) is 122 cm³/mol. The Morgan fingerprint density at radius 1 is 0.933 bits per heavy atom. The lowest BCUT2D eigenvalue weighted by atomic mass is 9.87. The predicted octanol–water partition coefficient (Wildman–Crippen LogP) is 5.49. The molecule has 3 aromatic rings. The van der Waals surface area contributed by atoms with Crippen LogP contribution in [-0.4, -0.2) is 25.2 Å². The summed E-state index contributed by atoms with van der Waals surface area (Å²) in [6.07, 6.45) is 0.0735. The molecule has 0 saturated carbocycles. The Morgan fingerprint density at radius 3 is 2.27 bits per heavy atom. The first-order chi connectivity index (χ1) is 14.4. The van der Waals surface area contributed by atoms with Gasteiger partial charge in [-0.15, -0.1) is 0 Å². The maximum atomic E-state index is 12.5. The molecule has 0 bridgehead atoms. The summed E-state index contributed by atoms with van der Waals surface area (Å²) < 4.78 is 11.7. The summed E-state index contributed by atoms with van der Waals surface area (Å²) in [5, 5.41) is 5.22. The van der Waals surface area contributed by atoms with Gasteiger partial charge in [0.25, 0.3) is 5.91 Å². The Hall–Kier alpha value is -3.01. The molecule has 30 heavy (non-hydrogen) atoms. The second-order valence-electron chi connectivity index (χ2n) is 8.44. The van der Waals surface area contributed by atoms with Crippen LogP contribution in [-0.2, 0) is 10.2 Å². The Kier molecular flexibility index (Phi) is 6.99. The fourth-order valence-corrected chi connectivity index (χ4v) is 3.23. The van der Waals surface area contributed by atoms with Crippen LogP contribution in [0.2, 0.25) is 0 Å². The van der Waals surface area contributed by atoms with Gasteiger partial charge in [-0.25, -0.2) is 0 Å². The third kappa shape index (κ3) is 5.76. The number of fused-ring (bicyclic) bond motifs is 1. The van der Waals surface area contributed by atoms with Gasteiger partial charge in [0.1, 0.15) is 18.1 Å². The maximum absolute atomic E-state index is 12.5. The van der Waals surface area contributed by atoms with E-state index in [2.05, 4.69) is 50.4 Å². The standard InChI is InChI=1S/C26H31NO3/c1-5-24(30-22-14-11-21(12-15-22)26(2,3)4)25(28)27-16-17-29-23-13-10-19-8-6-7-9-20(19)18-23/h6-15,18,24H,5,16-17H2,1-4H3,(H,27,28)/t24-/m0/s1. The molecule has 1 amide bonds. The fourth-order valence-electron chi connectivity index (χ4n) is 3.23. The van der Waals surface area contributed by atoms with Crippen molar-refractivity contribution in [2.45, 2.75) is 45.6 Å². The lowest BCUT2D eigenvalue weighted by Crippen LogP contribution is -2.39. The summed E-state index contributed by atoms with van der Waals surface area (Å²) in [7, 11) is 0. The first kappa shape index (κ1) is 21.7. The topological polar surface area (TPSA) is 47.6 Å². The molecule has 0 aliphatic carbocycles. The molecule has 0 aliphatic rings. The molecule has 0 fully saturated rings. The van der Waals surface area contributed by atoms with E-state index in [-0.39, 0.29) is 11.3 Å². The molecule has 4 nitrogen and oxygen atoms in total. The number of benzene rings is 3. The molecular formula is C26H31NO3. The van der Waals surface area contributed by atoms with Crippen LogP contribution < -0.4 is 14.8 Å². The van der Waals surface area contributed by atoms with E-state index < -0.39 is 6.10 Å². The first-order valence-electron chi connectivity index (χ1n) is 10.5. The summed E-state index contributed by atoms with van der Waals surface area (Å²) in [6, 6.07) is 22.1. The van der Waals surface area contributed by atoms with Gasteiger partial charge in [-0.2, -0.15) is 0 Å². The van der Waals surface area contributed by atoms with Crippen LogP contribution in [0.25, 0.3) is 10.8 Å². The van der Waals surface area contributed by atoms with Gasteiger partial charge >= 0.3 is 0 Å². The van der Waals surface area contributed by atoms with Crippen molar-refractivity contribution in [2.24, 2.45) is 0 Å². The van der Waals surface area contributed by atoms with E-state index in [1.165, 1.54) is 10.9 Å². The molecule has 3 rings (SSSR count). The van der Waals surface area contributed by atoms with Crippen LogP contribution in [0.15, 0.2) is 66.7 Å². The minimum atomic E-state index is -0.522. The number of hydrogen-bond donors (Lipinski definition) is 1. The molecule has 0 aliphatic heterocycles. The normalized spacial score (nSPS) is 12.4. The highest BCUT2D eigenvalue weighted by Gasteiger charge is 2.19. The van der Waals surface area contributed by atoms with E-state index in [9.17, 15) is 4.79 Å². The van der Waals surface area contributed by atoms with Crippen LogP contribution >= 0.6 is 0 Å². The molecule has 0 unspecified atom stereocenters. The number of carbonyl (C=O) groups is 1. The van der Waals surface area contributed by atoms with Crippen molar-refractivity contribution in [3.05, 3.63) is 72.3 Å². The van der Waals surface area contributed by atoms with Crippen molar-refractivity contribution >= 4 is 16.7 Å². The van der Waals surface area contributed by atoms with E-state index in [4.69, 9.17) is 9.47 Å². The van der Waals surface area contributed by atoms with Crippen molar-refractivity contribution in [2.75, 3.05) is 13.2 Å². The van der Waals surface area contributed by atoms with Crippen molar-refractivity contribution in [3.8, 4) is 11.5 Å². The first-order valence-corrected chi connectivity index (χ1v) is 10.5. The third-order valence-electron chi connectivity index (χ3n) is 5.05. The Balaban J connectivity index is 1.47. The smallest absolute Gasteiger partial charge is 0.261 e. The van der Waals surface area contributed by atoms with Gasteiger partial charge in [-0.05, 0) is 52.4 Å². The minimum absolute atomic E-state index is 0.0884. The SMILES string of the molecule is CC[C@H](Oc1ccc(C(C)(C)C)cc1)C(=O)NCCOc1ccc2ccccc2c1. The highest BCUT2D eigenvalue weighted by molar-refractivity contribution is 5.83. The van der Waals surface area contributed by atoms with E-state index in [0.29, 0.717) is 25.3 Å². The zero-order chi connectivity index (χ0) is 21.6. The fraction of sp³-hybridized carbons (Fsp3) is 0.346.